The van der Waals surface area contributed by atoms with Gasteiger partial charge in [0.2, 0.25) is 0 Å². The van der Waals surface area contributed by atoms with Gasteiger partial charge < -0.3 is 4.74 Å². The quantitative estimate of drug-likeness (QED) is 0.531. The van der Waals surface area contributed by atoms with Crippen LogP contribution in [-0.2, 0) is 6.42 Å². The lowest BCUT2D eigenvalue weighted by Crippen LogP contribution is -2.22. The summed E-state index contributed by atoms with van der Waals surface area (Å²) in [6.07, 6.45) is 3.41. The molecule has 0 unspecified atom stereocenters. The van der Waals surface area contributed by atoms with Crippen molar-refractivity contribution >= 4 is 33.0 Å². The highest BCUT2D eigenvalue weighted by molar-refractivity contribution is 9.10. The Morgan fingerprint density at radius 2 is 1.96 bits per heavy atom. The van der Waals surface area contributed by atoms with E-state index in [4.69, 9.17) is 4.74 Å². The minimum atomic E-state index is -0.175. The molecular formula is C21H22BrN3O2. The molecule has 0 N–H and O–H groups in total. The molecule has 0 saturated heterocycles. The average molecular weight is 428 g/mol. The number of hydrogen-bond donors (Lipinski definition) is 0. The largest absolute Gasteiger partial charge is 0.491 e. The SMILES string of the molecule is CCc1nc2ccc(Br)cc2c(=O)n1N=Cc1ccc(O[C@H](C)CC)cc1. The molecule has 0 aliphatic rings. The van der Waals surface area contributed by atoms with E-state index in [2.05, 4.69) is 32.9 Å². The third kappa shape index (κ3) is 4.45. The number of ether oxygens (including phenoxy) is 1. The van der Waals surface area contributed by atoms with Gasteiger partial charge in [-0.1, -0.05) is 29.8 Å². The Morgan fingerprint density at radius 3 is 2.63 bits per heavy atom. The lowest BCUT2D eigenvalue weighted by molar-refractivity contribution is 0.217. The van der Waals surface area contributed by atoms with Crippen LogP contribution >= 0.6 is 15.9 Å². The van der Waals surface area contributed by atoms with E-state index >= 15 is 0 Å². The number of aromatic nitrogens is 2. The molecule has 6 heteroatoms. The van der Waals surface area contributed by atoms with E-state index in [0.717, 1.165) is 22.2 Å². The standard InChI is InChI=1S/C21H22BrN3O2/c1-4-14(3)27-17-9-6-15(7-10-17)13-23-25-20(5-2)24-19-11-8-16(22)12-18(19)21(25)26/h6-14H,4-5H2,1-3H3/t14-/m1/s1. The molecule has 3 aromatic rings. The molecule has 0 bridgehead atoms. The van der Waals surface area contributed by atoms with Gasteiger partial charge in [-0.15, -0.1) is 0 Å². The third-order valence-electron chi connectivity index (χ3n) is 4.31. The average Bonchev–Trinajstić information content (AvgIpc) is 2.68. The Kier molecular flexibility index (Phi) is 6.06. The van der Waals surface area contributed by atoms with Crippen LogP contribution in [0.2, 0.25) is 0 Å². The minimum Gasteiger partial charge on any atom is -0.491 e. The van der Waals surface area contributed by atoms with Crippen LogP contribution in [-0.4, -0.2) is 22.0 Å². The fourth-order valence-corrected chi connectivity index (χ4v) is 2.98. The number of hydrogen-bond acceptors (Lipinski definition) is 4. The lowest BCUT2D eigenvalue weighted by atomic mass is 10.2. The molecule has 27 heavy (non-hydrogen) atoms. The Hall–Kier alpha value is -2.47. The van der Waals surface area contributed by atoms with Gasteiger partial charge in [-0.05, 0) is 61.4 Å². The summed E-state index contributed by atoms with van der Waals surface area (Å²) < 4.78 is 7.99. The normalized spacial score (nSPS) is 12.6. The minimum absolute atomic E-state index is 0.175. The molecule has 0 fully saturated rings. The number of halogens is 1. The summed E-state index contributed by atoms with van der Waals surface area (Å²) >= 11 is 3.41. The number of fused-ring (bicyclic) bond motifs is 1. The summed E-state index contributed by atoms with van der Waals surface area (Å²) in [5.74, 6) is 1.45. The lowest BCUT2D eigenvalue weighted by Gasteiger charge is -2.12. The maximum absolute atomic E-state index is 12.9. The van der Waals surface area contributed by atoms with E-state index in [1.165, 1.54) is 4.68 Å². The summed E-state index contributed by atoms with van der Waals surface area (Å²) in [6.45, 7) is 6.09. The Morgan fingerprint density at radius 1 is 1.22 bits per heavy atom. The van der Waals surface area contributed by atoms with Crippen molar-refractivity contribution in [3.05, 3.63) is 68.7 Å². The fourth-order valence-electron chi connectivity index (χ4n) is 2.62. The van der Waals surface area contributed by atoms with Gasteiger partial charge in [0.05, 0.1) is 23.2 Å². The van der Waals surface area contributed by atoms with Gasteiger partial charge in [-0.3, -0.25) is 4.79 Å². The number of benzene rings is 2. The first-order chi connectivity index (χ1) is 13.0. The molecular weight excluding hydrogens is 406 g/mol. The van der Waals surface area contributed by atoms with Crippen molar-refractivity contribution in [2.75, 3.05) is 0 Å². The van der Waals surface area contributed by atoms with Gasteiger partial charge >= 0.3 is 0 Å². The Bertz CT molecular complexity index is 1030. The summed E-state index contributed by atoms with van der Waals surface area (Å²) in [5, 5.41) is 4.93. The summed E-state index contributed by atoms with van der Waals surface area (Å²) in [7, 11) is 0. The van der Waals surface area contributed by atoms with Crippen molar-refractivity contribution in [3.8, 4) is 5.75 Å². The summed E-state index contributed by atoms with van der Waals surface area (Å²) in [6, 6.07) is 13.2. The molecule has 1 aromatic heterocycles. The van der Waals surface area contributed by atoms with Gasteiger partial charge in [0.1, 0.15) is 11.6 Å². The molecule has 5 nitrogen and oxygen atoms in total. The van der Waals surface area contributed by atoms with Crippen LogP contribution in [0.5, 0.6) is 5.75 Å². The highest BCUT2D eigenvalue weighted by atomic mass is 79.9. The van der Waals surface area contributed by atoms with E-state index in [0.29, 0.717) is 23.1 Å². The van der Waals surface area contributed by atoms with Gasteiger partial charge in [0, 0.05) is 10.9 Å². The predicted octanol–water partition coefficient (Wildman–Crippen LogP) is 4.78. The molecule has 0 radical (unpaired) electrons. The van der Waals surface area contributed by atoms with Crippen molar-refractivity contribution in [3.63, 3.8) is 0 Å². The molecule has 0 aliphatic heterocycles. The van der Waals surface area contributed by atoms with Gasteiger partial charge in [0.15, 0.2) is 0 Å². The zero-order chi connectivity index (χ0) is 19.4. The van der Waals surface area contributed by atoms with Crippen molar-refractivity contribution < 1.29 is 4.74 Å². The zero-order valence-corrected chi connectivity index (χ0v) is 17.2. The second-order valence-electron chi connectivity index (χ2n) is 6.31. The molecule has 0 amide bonds. The van der Waals surface area contributed by atoms with E-state index in [-0.39, 0.29) is 11.7 Å². The number of nitrogens with zero attached hydrogens (tertiary/aromatic N) is 3. The summed E-state index contributed by atoms with van der Waals surface area (Å²) in [5.41, 5.74) is 1.39. The Labute approximate surface area is 166 Å². The first-order valence-electron chi connectivity index (χ1n) is 9.04. The predicted molar refractivity (Wildman–Crippen MR) is 113 cm³/mol. The molecule has 0 aliphatic carbocycles. The van der Waals surface area contributed by atoms with E-state index in [9.17, 15) is 4.79 Å². The summed E-state index contributed by atoms with van der Waals surface area (Å²) in [4.78, 5) is 17.4. The topological polar surface area (TPSA) is 56.5 Å². The smallest absolute Gasteiger partial charge is 0.282 e. The first kappa shape index (κ1) is 19.3. The van der Waals surface area contributed by atoms with Crippen LogP contribution in [0.3, 0.4) is 0 Å². The maximum atomic E-state index is 12.9. The first-order valence-corrected chi connectivity index (χ1v) is 9.83. The van der Waals surface area contributed by atoms with Gasteiger partial charge in [0.25, 0.3) is 5.56 Å². The van der Waals surface area contributed by atoms with Crippen LogP contribution in [0.25, 0.3) is 10.9 Å². The van der Waals surface area contributed by atoms with Crippen LogP contribution in [0.15, 0.2) is 56.8 Å². The monoisotopic (exact) mass is 427 g/mol. The molecule has 3 rings (SSSR count). The van der Waals surface area contributed by atoms with Crippen molar-refractivity contribution in [1.82, 2.24) is 9.66 Å². The molecule has 140 valence electrons. The Balaban J connectivity index is 1.93. The molecule has 1 heterocycles. The van der Waals surface area contributed by atoms with Crippen LogP contribution < -0.4 is 10.3 Å². The molecule has 0 spiro atoms. The zero-order valence-electron chi connectivity index (χ0n) is 15.6. The van der Waals surface area contributed by atoms with Crippen molar-refractivity contribution in [1.29, 1.82) is 0 Å². The second-order valence-corrected chi connectivity index (χ2v) is 7.23. The van der Waals surface area contributed by atoms with Crippen LogP contribution in [0.4, 0.5) is 0 Å². The maximum Gasteiger partial charge on any atom is 0.282 e. The second kappa shape index (κ2) is 8.48. The van der Waals surface area contributed by atoms with Gasteiger partial charge in [-0.2, -0.15) is 9.78 Å². The highest BCUT2D eigenvalue weighted by Crippen LogP contribution is 2.17. The number of rotatable bonds is 6. The highest BCUT2D eigenvalue weighted by Gasteiger charge is 2.09. The van der Waals surface area contributed by atoms with Crippen molar-refractivity contribution in [2.45, 2.75) is 39.7 Å². The van der Waals surface area contributed by atoms with E-state index < -0.39 is 0 Å². The van der Waals surface area contributed by atoms with E-state index in [1.54, 1.807) is 12.3 Å². The number of aryl methyl sites for hydroxylation is 1. The van der Waals surface area contributed by atoms with Gasteiger partial charge in [-0.25, -0.2) is 4.98 Å². The van der Waals surface area contributed by atoms with Crippen LogP contribution in [0, 0.1) is 0 Å². The molecule has 1 atom stereocenters. The molecule has 2 aromatic carbocycles. The van der Waals surface area contributed by atoms with E-state index in [1.807, 2.05) is 50.2 Å². The third-order valence-corrected chi connectivity index (χ3v) is 4.80. The van der Waals surface area contributed by atoms with Crippen molar-refractivity contribution in [2.24, 2.45) is 5.10 Å². The van der Waals surface area contributed by atoms with Crippen LogP contribution in [0.1, 0.15) is 38.6 Å². The fraction of sp³-hybridized carbons (Fsp3) is 0.286. The molecule has 0 saturated carbocycles.